The molecular formula is C19H14N2O5. The molecule has 0 aliphatic carbocycles. The molecule has 0 radical (unpaired) electrons. The monoisotopic (exact) mass is 350 g/mol. The summed E-state index contributed by atoms with van der Waals surface area (Å²) in [5, 5.41) is 0.697. The van der Waals surface area contributed by atoms with Gasteiger partial charge in [0.1, 0.15) is 5.58 Å². The van der Waals surface area contributed by atoms with Gasteiger partial charge in [-0.15, -0.1) is 0 Å². The molecule has 0 saturated carbocycles. The van der Waals surface area contributed by atoms with Crippen molar-refractivity contribution >= 4 is 34.4 Å². The maximum atomic E-state index is 12.8. The Balaban J connectivity index is 1.80. The van der Waals surface area contributed by atoms with E-state index in [-0.39, 0.29) is 11.3 Å². The van der Waals surface area contributed by atoms with E-state index < -0.39 is 23.4 Å². The summed E-state index contributed by atoms with van der Waals surface area (Å²) in [5.41, 5.74) is 4.45. The van der Waals surface area contributed by atoms with E-state index in [0.717, 1.165) is 0 Å². The zero-order chi connectivity index (χ0) is 18.5. The summed E-state index contributed by atoms with van der Waals surface area (Å²) >= 11 is 0. The standard InChI is InChI=1S/C19H14N2O5/c1-21-13-8-4-3-7-12(13)19(17(20)23,18(21)24)26-16(22)15-10-11-6-2-5-9-14(11)25-15/h2-10H,1H3,(H2,20,23). The van der Waals surface area contributed by atoms with Crippen LogP contribution in [0.1, 0.15) is 16.1 Å². The van der Waals surface area contributed by atoms with Crippen LogP contribution in [0.2, 0.25) is 0 Å². The van der Waals surface area contributed by atoms with Crippen LogP contribution in [0.5, 0.6) is 0 Å². The summed E-state index contributed by atoms with van der Waals surface area (Å²) in [6.07, 6.45) is 0. The summed E-state index contributed by atoms with van der Waals surface area (Å²) in [7, 11) is 1.49. The number of amides is 2. The van der Waals surface area contributed by atoms with Crippen molar-refractivity contribution in [3.8, 4) is 0 Å². The van der Waals surface area contributed by atoms with Crippen molar-refractivity contribution in [1.82, 2.24) is 0 Å². The van der Waals surface area contributed by atoms with Crippen LogP contribution >= 0.6 is 0 Å². The molecule has 2 aromatic carbocycles. The minimum atomic E-state index is -2.22. The van der Waals surface area contributed by atoms with E-state index in [4.69, 9.17) is 14.9 Å². The minimum Gasteiger partial charge on any atom is -0.449 e. The quantitative estimate of drug-likeness (QED) is 0.574. The lowest BCUT2D eigenvalue weighted by molar-refractivity contribution is -0.150. The highest BCUT2D eigenvalue weighted by molar-refractivity contribution is 6.21. The van der Waals surface area contributed by atoms with Gasteiger partial charge in [0.25, 0.3) is 17.4 Å². The molecule has 2 heterocycles. The van der Waals surface area contributed by atoms with Gasteiger partial charge in [0.2, 0.25) is 5.76 Å². The third kappa shape index (κ3) is 2.03. The predicted octanol–water partition coefficient (Wildman–Crippen LogP) is 1.95. The third-order valence-corrected chi connectivity index (χ3v) is 4.47. The average molecular weight is 350 g/mol. The lowest BCUT2D eigenvalue weighted by Gasteiger charge is -2.24. The van der Waals surface area contributed by atoms with Gasteiger partial charge < -0.3 is 19.8 Å². The van der Waals surface area contributed by atoms with Crippen molar-refractivity contribution in [2.24, 2.45) is 5.73 Å². The molecule has 2 amide bonds. The molecule has 7 nitrogen and oxygen atoms in total. The van der Waals surface area contributed by atoms with E-state index in [1.807, 2.05) is 0 Å². The number of para-hydroxylation sites is 2. The zero-order valence-electron chi connectivity index (χ0n) is 13.8. The molecule has 3 aromatic rings. The molecular weight excluding hydrogens is 336 g/mol. The normalized spacial score (nSPS) is 18.8. The fraction of sp³-hybridized carbons (Fsp3) is 0.105. The van der Waals surface area contributed by atoms with E-state index in [1.165, 1.54) is 24.1 Å². The third-order valence-electron chi connectivity index (χ3n) is 4.47. The molecule has 26 heavy (non-hydrogen) atoms. The molecule has 1 aliphatic rings. The number of primary amides is 1. The fourth-order valence-corrected chi connectivity index (χ4v) is 3.18. The Kier molecular flexibility index (Phi) is 3.33. The number of carbonyl (C=O) groups is 3. The molecule has 0 bridgehead atoms. The van der Waals surface area contributed by atoms with Gasteiger partial charge in [0.05, 0.1) is 5.69 Å². The van der Waals surface area contributed by atoms with E-state index >= 15 is 0 Å². The number of anilines is 1. The first-order valence-electron chi connectivity index (χ1n) is 7.84. The van der Waals surface area contributed by atoms with Crippen LogP contribution in [-0.2, 0) is 19.9 Å². The molecule has 4 rings (SSSR count). The van der Waals surface area contributed by atoms with E-state index in [1.54, 1.807) is 42.5 Å². The Labute approximate surface area is 147 Å². The lowest BCUT2D eigenvalue weighted by Crippen LogP contribution is -2.51. The smallest absolute Gasteiger partial charge is 0.376 e. The van der Waals surface area contributed by atoms with Crippen molar-refractivity contribution in [1.29, 1.82) is 0 Å². The van der Waals surface area contributed by atoms with Crippen molar-refractivity contribution in [3.05, 3.63) is 65.9 Å². The number of fused-ring (bicyclic) bond motifs is 2. The molecule has 1 aliphatic heterocycles. The molecule has 0 fully saturated rings. The molecule has 7 heteroatoms. The number of furan rings is 1. The predicted molar refractivity (Wildman–Crippen MR) is 92.4 cm³/mol. The first-order chi connectivity index (χ1) is 12.4. The van der Waals surface area contributed by atoms with Gasteiger partial charge in [-0.05, 0) is 18.2 Å². The summed E-state index contributed by atoms with van der Waals surface area (Å²) < 4.78 is 10.9. The van der Waals surface area contributed by atoms with Crippen LogP contribution in [-0.4, -0.2) is 24.8 Å². The highest BCUT2D eigenvalue weighted by Crippen LogP contribution is 2.42. The van der Waals surface area contributed by atoms with Crippen molar-refractivity contribution in [3.63, 3.8) is 0 Å². The topological polar surface area (TPSA) is 103 Å². The Morgan fingerprint density at radius 3 is 2.54 bits per heavy atom. The molecule has 1 unspecified atom stereocenters. The summed E-state index contributed by atoms with van der Waals surface area (Å²) in [4.78, 5) is 38.9. The number of esters is 1. The second kappa shape index (κ2) is 5.45. The second-order valence-electron chi connectivity index (χ2n) is 5.96. The highest BCUT2D eigenvalue weighted by atomic mass is 16.6. The number of likely N-dealkylation sites (N-methyl/N-ethyl adjacent to an activating group) is 1. The van der Waals surface area contributed by atoms with Crippen molar-refractivity contribution in [2.45, 2.75) is 5.60 Å². The first kappa shape index (κ1) is 15.9. The van der Waals surface area contributed by atoms with Gasteiger partial charge in [-0.3, -0.25) is 9.59 Å². The van der Waals surface area contributed by atoms with Gasteiger partial charge >= 0.3 is 5.97 Å². The Morgan fingerprint density at radius 1 is 1.12 bits per heavy atom. The number of carbonyl (C=O) groups excluding carboxylic acids is 3. The highest BCUT2D eigenvalue weighted by Gasteiger charge is 2.58. The van der Waals surface area contributed by atoms with Crippen molar-refractivity contribution in [2.75, 3.05) is 11.9 Å². The lowest BCUT2D eigenvalue weighted by atomic mass is 9.94. The number of hydrogen-bond acceptors (Lipinski definition) is 5. The van der Waals surface area contributed by atoms with E-state index in [9.17, 15) is 14.4 Å². The van der Waals surface area contributed by atoms with Gasteiger partial charge in [-0.25, -0.2) is 4.79 Å². The Bertz CT molecular complexity index is 1040. The molecule has 0 saturated heterocycles. The van der Waals surface area contributed by atoms with Crippen LogP contribution in [0.15, 0.2) is 59.0 Å². The van der Waals surface area contributed by atoms with Crippen LogP contribution in [0.25, 0.3) is 11.0 Å². The van der Waals surface area contributed by atoms with Crippen LogP contribution < -0.4 is 10.6 Å². The Hall–Kier alpha value is -3.61. The van der Waals surface area contributed by atoms with Crippen LogP contribution in [0.3, 0.4) is 0 Å². The fourth-order valence-electron chi connectivity index (χ4n) is 3.18. The molecule has 2 N–H and O–H groups in total. The largest absolute Gasteiger partial charge is 0.449 e. The first-order valence-corrected chi connectivity index (χ1v) is 7.84. The maximum absolute atomic E-state index is 12.8. The number of nitrogens with two attached hydrogens (primary N) is 1. The Morgan fingerprint density at radius 2 is 1.81 bits per heavy atom. The van der Waals surface area contributed by atoms with Gasteiger partial charge in [-0.1, -0.05) is 36.4 Å². The number of hydrogen-bond donors (Lipinski definition) is 1. The molecule has 1 atom stereocenters. The maximum Gasteiger partial charge on any atom is 0.376 e. The van der Waals surface area contributed by atoms with E-state index in [2.05, 4.69) is 0 Å². The number of nitrogens with zero attached hydrogens (tertiary/aromatic N) is 1. The number of benzene rings is 2. The van der Waals surface area contributed by atoms with Gasteiger partial charge in [0.15, 0.2) is 0 Å². The summed E-state index contributed by atoms with van der Waals surface area (Å²) in [6, 6.07) is 15.0. The van der Waals surface area contributed by atoms with Crippen molar-refractivity contribution < 1.29 is 23.5 Å². The van der Waals surface area contributed by atoms with Gasteiger partial charge in [-0.2, -0.15) is 0 Å². The minimum absolute atomic E-state index is 0.119. The molecule has 0 spiro atoms. The molecule has 130 valence electrons. The van der Waals surface area contributed by atoms with Crippen LogP contribution in [0, 0.1) is 0 Å². The number of ether oxygens (including phenoxy) is 1. The van der Waals surface area contributed by atoms with E-state index in [0.29, 0.717) is 16.7 Å². The van der Waals surface area contributed by atoms with Crippen LogP contribution in [0.4, 0.5) is 5.69 Å². The zero-order valence-corrected chi connectivity index (χ0v) is 13.8. The summed E-state index contributed by atoms with van der Waals surface area (Å²) in [6.45, 7) is 0. The second-order valence-corrected chi connectivity index (χ2v) is 5.96. The average Bonchev–Trinajstić information content (AvgIpc) is 3.16. The molecule has 1 aromatic heterocycles. The van der Waals surface area contributed by atoms with Gasteiger partial charge in [0, 0.05) is 18.0 Å². The number of rotatable bonds is 3. The summed E-state index contributed by atoms with van der Waals surface area (Å²) in [5.74, 6) is -2.86. The SMILES string of the molecule is CN1C(=O)C(OC(=O)c2cc3ccccc3o2)(C(N)=O)c2ccccc21.